The molecule has 1 saturated heterocycles. The van der Waals surface area contributed by atoms with Crippen molar-refractivity contribution in [2.24, 2.45) is 5.84 Å². The van der Waals surface area contributed by atoms with Gasteiger partial charge >= 0.3 is 0 Å². The Hall–Kier alpha value is -1.17. The van der Waals surface area contributed by atoms with E-state index in [9.17, 15) is 0 Å². The summed E-state index contributed by atoms with van der Waals surface area (Å²) in [6, 6.07) is 3.77. The second-order valence-electron chi connectivity index (χ2n) is 5.60. The van der Waals surface area contributed by atoms with Crippen LogP contribution in [-0.2, 0) is 0 Å². The number of nitrogens with zero attached hydrogens (tertiary/aromatic N) is 2. The van der Waals surface area contributed by atoms with Gasteiger partial charge in [0.15, 0.2) is 0 Å². The van der Waals surface area contributed by atoms with Crippen molar-refractivity contribution in [3.63, 3.8) is 0 Å². The minimum Gasteiger partial charge on any atom is -0.495 e. The average molecular weight is 278 g/mol. The number of ether oxygens (including phenoxy) is 1. The summed E-state index contributed by atoms with van der Waals surface area (Å²) < 4.78 is 5.45. The maximum atomic E-state index is 5.89. The van der Waals surface area contributed by atoms with Crippen LogP contribution in [0.1, 0.15) is 44.8 Å². The summed E-state index contributed by atoms with van der Waals surface area (Å²) in [5.74, 6) is 6.67. The molecule has 3 N–H and O–H groups in total. The predicted molar refractivity (Wildman–Crippen MR) is 80.4 cm³/mol. The van der Waals surface area contributed by atoms with E-state index in [1.165, 1.54) is 12.8 Å². The maximum absolute atomic E-state index is 5.89. The van der Waals surface area contributed by atoms with Crippen molar-refractivity contribution in [3.8, 4) is 5.75 Å². The number of hydrazine groups is 1. The highest BCUT2D eigenvalue weighted by atomic mass is 16.5. The molecule has 0 saturated carbocycles. The van der Waals surface area contributed by atoms with Crippen LogP contribution in [0.25, 0.3) is 0 Å². The molecule has 0 aliphatic carbocycles. The minimum atomic E-state index is -0.0626. The highest BCUT2D eigenvalue weighted by molar-refractivity contribution is 5.32. The molecule has 20 heavy (non-hydrogen) atoms. The summed E-state index contributed by atoms with van der Waals surface area (Å²) in [6.45, 7) is 6.71. The number of hydrogen-bond acceptors (Lipinski definition) is 5. The molecule has 1 aromatic rings. The van der Waals surface area contributed by atoms with Gasteiger partial charge in [0.1, 0.15) is 11.4 Å². The first-order valence-electron chi connectivity index (χ1n) is 7.37. The fourth-order valence-corrected chi connectivity index (χ4v) is 3.18. The first-order chi connectivity index (χ1) is 9.67. The van der Waals surface area contributed by atoms with Crippen LogP contribution in [0.15, 0.2) is 18.3 Å². The smallest absolute Gasteiger partial charge is 0.142 e. The van der Waals surface area contributed by atoms with E-state index in [4.69, 9.17) is 10.6 Å². The van der Waals surface area contributed by atoms with Crippen molar-refractivity contribution in [3.05, 3.63) is 24.0 Å². The molecule has 2 heterocycles. The maximum Gasteiger partial charge on any atom is 0.142 e. The number of rotatable bonds is 6. The van der Waals surface area contributed by atoms with Gasteiger partial charge in [-0.15, -0.1) is 0 Å². The van der Waals surface area contributed by atoms with Crippen molar-refractivity contribution in [1.82, 2.24) is 15.3 Å². The highest BCUT2D eigenvalue weighted by Crippen LogP contribution is 2.38. The molecule has 2 atom stereocenters. The lowest BCUT2D eigenvalue weighted by Gasteiger charge is -2.44. The lowest BCUT2D eigenvalue weighted by Crippen LogP contribution is -2.55. The summed E-state index contributed by atoms with van der Waals surface area (Å²) in [6.07, 6.45) is 5.31. The summed E-state index contributed by atoms with van der Waals surface area (Å²) in [4.78, 5) is 7.03. The zero-order valence-electron chi connectivity index (χ0n) is 12.7. The number of hydrogen-bond donors (Lipinski definition) is 2. The van der Waals surface area contributed by atoms with Gasteiger partial charge in [0.25, 0.3) is 0 Å². The van der Waals surface area contributed by atoms with Crippen LogP contribution in [-0.4, -0.2) is 35.6 Å². The van der Waals surface area contributed by atoms with Gasteiger partial charge in [-0.2, -0.15) is 0 Å². The average Bonchev–Trinajstić information content (AvgIpc) is 3.03. The Morgan fingerprint density at radius 1 is 1.50 bits per heavy atom. The van der Waals surface area contributed by atoms with Crippen molar-refractivity contribution in [2.75, 3.05) is 20.2 Å². The van der Waals surface area contributed by atoms with Crippen LogP contribution in [0.4, 0.5) is 0 Å². The molecule has 1 fully saturated rings. The first-order valence-corrected chi connectivity index (χ1v) is 7.37. The molecule has 2 unspecified atom stereocenters. The molecule has 1 aliphatic rings. The number of methoxy groups -OCH3 is 1. The molecule has 2 rings (SSSR count). The van der Waals surface area contributed by atoms with Crippen LogP contribution in [0, 0.1) is 0 Å². The number of pyridine rings is 1. The summed E-state index contributed by atoms with van der Waals surface area (Å²) in [7, 11) is 1.67. The lowest BCUT2D eigenvalue weighted by atomic mass is 9.85. The molecule has 1 aromatic heterocycles. The molecular formula is C15H26N4O. The zero-order valence-corrected chi connectivity index (χ0v) is 12.7. The molecule has 112 valence electrons. The van der Waals surface area contributed by atoms with Gasteiger partial charge in [-0.3, -0.25) is 15.7 Å². The first kappa shape index (κ1) is 15.2. The second kappa shape index (κ2) is 6.52. The Bertz CT molecular complexity index is 434. The fraction of sp³-hybridized carbons (Fsp3) is 0.667. The third-order valence-corrected chi connectivity index (χ3v) is 4.63. The summed E-state index contributed by atoms with van der Waals surface area (Å²) >= 11 is 0. The molecule has 5 nitrogen and oxygen atoms in total. The van der Waals surface area contributed by atoms with Crippen LogP contribution < -0.4 is 16.0 Å². The van der Waals surface area contributed by atoms with E-state index in [2.05, 4.69) is 29.2 Å². The Morgan fingerprint density at radius 3 is 2.75 bits per heavy atom. The van der Waals surface area contributed by atoms with E-state index in [0.29, 0.717) is 0 Å². The van der Waals surface area contributed by atoms with Gasteiger partial charge < -0.3 is 4.74 Å². The minimum absolute atomic E-state index is 0.0539. The molecule has 0 aromatic carbocycles. The zero-order chi connectivity index (χ0) is 14.6. The Balaban J connectivity index is 2.38. The Morgan fingerprint density at radius 2 is 2.20 bits per heavy atom. The van der Waals surface area contributed by atoms with Gasteiger partial charge in [-0.25, -0.2) is 5.43 Å². The third-order valence-electron chi connectivity index (χ3n) is 4.63. The van der Waals surface area contributed by atoms with Crippen molar-refractivity contribution in [1.29, 1.82) is 0 Å². The number of nitrogens with one attached hydrogen (secondary N) is 1. The van der Waals surface area contributed by atoms with E-state index in [1.54, 1.807) is 13.3 Å². The van der Waals surface area contributed by atoms with E-state index >= 15 is 0 Å². The SMILES string of the molecule is CCC(C)(C(NN)c1ncccc1OC)N1CCCC1. The molecule has 0 amide bonds. The van der Waals surface area contributed by atoms with Gasteiger partial charge in [-0.1, -0.05) is 6.92 Å². The molecule has 1 aliphatic heterocycles. The van der Waals surface area contributed by atoms with Gasteiger partial charge in [0, 0.05) is 11.7 Å². The number of nitrogens with two attached hydrogens (primary N) is 1. The van der Waals surface area contributed by atoms with E-state index in [1.807, 2.05) is 12.1 Å². The van der Waals surface area contributed by atoms with Crippen LogP contribution >= 0.6 is 0 Å². The Kier molecular flexibility index (Phi) is 4.96. The summed E-state index contributed by atoms with van der Waals surface area (Å²) in [5, 5.41) is 0. The van der Waals surface area contributed by atoms with Crippen molar-refractivity contribution in [2.45, 2.75) is 44.7 Å². The van der Waals surface area contributed by atoms with Crippen LogP contribution in [0.3, 0.4) is 0 Å². The largest absolute Gasteiger partial charge is 0.495 e. The normalized spacial score (nSPS) is 20.6. The second-order valence-corrected chi connectivity index (χ2v) is 5.60. The Labute approximate surface area is 121 Å². The molecule has 0 bridgehead atoms. The van der Waals surface area contributed by atoms with Gasteiger partial charge in [0.05, 0.1) is 13.2 Å². The molecule has 0 radical (unpaired) electrons. The lowest BCUT2D eigenvalue weighted by molar-refractivity contribution is 0.0810. The highest BCUT2D eigenvalue weighted by Gasteiger charge is 2.41. The van der Waals surface area contributed by atoms with E-state index in [-0.39, 0.29) is 11.6 Å². The van der Waals surface area contributed by atoms with E-state index < -0.39 is 0 Å². The van der Waals surface area contributed by atoms with Gasteiger partial charge in [0.2, 0.25) is 0 Å². The van der Waals surface area contributed by atoms with Crippen LogP contribution in [0.2, 0.25) is 0 Å². The third kappa shape index (κ3) is 2.66. The van der Waals surface area contributed by atoms with Crippen molar-refractivity contribution < 1.29 is 4.74 Å². The number of aromatic nitrogens is 1. The van der Waals surface area contributed by atoms with E-state index in [0.717, 1.165) is 31.0 Å². The summed E-state index contributed by atoms with van der Waals surface area (Å²) in [5.41, 5.74) is 3.80. The number of likely N-dealkylation sites (tertiary alicyclic amines) is 1. The fourth-order valence-electron chi connectivity index (χ4n) is 3.18. The van der Waals surface area contributed by atoms with Gasteiger partial charge in [-0.05, 0) is 51.4 Å². The standard InChI is InChI=1S/C15H26N4O/c1-4-15(2,19-10-5-6-11-19)14(18-16)13-12(20-3)8-7-9-17-13/h7-9,14,18H,4-6,10-11,16H2,1-3H3. The topological polar surface area (TPSA) is 63.4 Å². The predicted octanol–water partition coefficient (Wildman–Crippen LogP) is 1.86. The monoisotopic (exact) mass is 278 g/mol. The molecule has 0 spiro atoms. The molecular weight excluding hydrogens is 252 g/mol. The van der Waals surface area contributed by atoms with Crippen molar-refractivity contribution >= 4 is 0 Å². The molecule has 5 heteroatoms. The quantitative estimate of drug-likeness (QED) is 0.614. The van der Waals surface area contributed by atoms with Crippen LogP contribution in [0.5, 0.6) is 5.75 Å².